The van der Waals surface area contributed by atoms with Gasteiger partial charge in [-0.25, -0.2) is 4.98 Å². The van der Waals surface area contributed by atoms with Crippen LogP contribution in [0.15, 0.2) is 11.6 Å². The summed E-state index contributed by atoms with van der Waals surface area (Å²) in [7, 11) is 0. The Morgan fingerprint density at radius 1 is 1.89 bits per heavy atom. The molecule has 1 rings (SSSR count). The van der Waals surface area contributed by atoms with E-state index in [9.17, 15) is 0 Å². The van der Waals surface area contributed by atoms with Crippen LogP contribution in [0.1, 0.15) is 18.0 Å². The SMILES string of the molecule is CC(NN)c1nccs1. The van der Waals surface area contributed by atoms with Gasteiger partial charge in [-0.05, 0) is 6.92 Å². The number of hydrazine groups is 1. The molecule has 0 amide bonds. The zero-order valence-corrected chi connectivity index (χ0v) is 5.98. The van der Waals surface area contributed by atoms with Crippen molar-refractivity contribution in [2.75, 3.05) is 0 Å². The monoisotopic (exact) mass is 143 g/mol. The molecule has 0 saturated heterocycles. The van der Waals surface area contributed by atoms with E-state index >= 15 is 0 Å². The van der Waals surface area contributed by atoms with Gasteiger partial charge in [0.15, 0.2) is 0 Å². The van der Waals surface area contributed by atoms with E-state index in [0.717, 1.165) is 5.01 Å². The Kier molecular flexibility index (Phi) is 2.16. The molecule has 1 aromatic rings. The van der Waals surface area contributed by atoms with E-state index in [1.54, 1.807) is 17.5 Å². The molecule has 1 atom stereocenters. The van der Waals surface area contributed by atoms with Crippen LogP contribution >= 0.6 is 11.3 Å². The number of hydrogen-bond donors (Lipinski definition) is 2. The molecule has 1 heterocycles. The van der Waals surface area contributed by atoms with Gasteiger partial charge in [-0.15, -0.1) is 11.3 Å². The Morgan fingerprint density at radius 3 is 3.11 bits per heavy atom. The van der Waals surface area contributed by atoms with Crippen LogP contribution < -0.4 is 11.3 Å². The highest BCUT2D eigenvalue weighted by molar-refractivity contribution is 7.09. The molecular formula is C5H9N3S. The first-order valence-electron chi connectivity index (χ1n) is 2.70. The Bertz CT molecular complexity index is 161. The lowest BCUT2D eigenvalue weighted by molar-refractivity contribution is 0.599. The van der Waals surface area contributed by atoms with E-state index in [0.29, 0.717) is 0 Å². The van der Waals surface area contributed by atoms with E-state index in [1.165, 1.54) is 0 Å². The Labute approximate surface area is 57.9 Å². The molecule has 0 aliphatic heterocycles. The maximum Gasteiger partial charge on any atom is 0.111 e. The Morgan fingerprint density at radius 2 is 2.67 bits per heavy atom. The summed E-state index contributed by atoms with van der Waals surface area (Å²) in [5, 5.41) is 2.96. The van der Waals surface area contributed by atoms with E-state index in [2.05, 4.69) is 10.4 Å². The summed E-state index contributed by atoms with van der Waals surface area (Å²) in [4.78, 5) is 4.06. The van der Waals surface area contributed by atoms with Gasteiger partial charge in [0.25, 0.3) is 0 Å². The van der Waals surface area contributed by atoms with Crippen molar-refractivity contribution >= 4 is 11.3 Å². The predicted octanol–water partition coefficient (Wildman–Crippen LogP) is 0.667. The van der Waals surface area contributed by atoms with Crippen LogP contribution in [-0.4, -0.2) is 4.98 Å². The summed E-state index contributed by atoms with van der Waals surface area (Å²) in [5.74, 6) is 5.18. The average Bonchev–Trinajstić information content (AvgIpc) is 2.37. The van der Waals surface area contributed by atoms with Crippen LogP contribution in [0.5, 0.6) is 0 Å². The highest BCUT2D eigenvalue weighted by atomic mass is 32.1. The number of hydrogen-bond acceptors (Lipinski definition) is 4. The van der Waals surface area contributed by atoms with Crippen molar-refractivity contribution < 1.29 is 0 Å². The lowest BCUT2D eigenvalue weighted by Crippen LogP contribution is -2.25. The highest BCUT2D eigenvalue weighted by Gasteiger charge is 2.02. The van der Waals surface area contributed by atoms with Crippen LogP contribution in [0.4, 0.5) is 0 Å². The molecule has 0 aromatic carbocycles. The molecule has 0 fully saturated rings. The van der Waals surface area contributed by atoms with Gasteiger partial charge in [-0.1, -0.05) is 0 Å². The van der Waals surface area contributed by atoms with Crippen LogP contribution in [0.2, 0.25) is 0 Å². The van der Waals surface area contributed by atoms with Crippen molar-refractivity contribution in [1.82, 2.24) is 10.4 Å². The van der Waals surface area contributed by atoms with Gasteiger partial charge in [0.2, 0.25) is 0 Å². The molecule has 0 saturated carbocycles. The molecular weight excluding hydrogens is 134 g/mol. The molecule has 3 N–H and O–H groups in total. The number of thiazole rings is 1. The molecule has 0 aliphatic rings. The van der Waals surface area contributed by atoms with Crippen molar-refractivity contribution in [2.24, 2.45) is 5.84 Å². The number of nitrogens with one attached hydrogen (secondary N) is 1. The maximum absolute atomic E-state index is 5.18. The third-order valence-electron chi connectivity index (χ3n) is 1.07. The van der Waals surface area contributed by atoms with Gasteiger partial charge in [0, 0.05) is 11.6 Å². The molecule has 3 nitrogen and oxygen atoms in total. The first-order valence-corrected chi connectivity index (χ1v) is 3.58. The smallest absolute Gasteiger partial charge is 0.111 e. The zero-order valence-electron chi connectivity index (χ0n) is 5.16. The molecule has 0 spiro atoms. The van der Waals surface area contributed by atoms with Crippen molar-refractivity contribution in [3.05, 3.63) is 16.6 Å². The second kappa shape index (κ2) is 2.91. The number of rotatable bonds is 2. The fraction of sp³-hybridized carbons (Fsp3) is 0.400. The summed E-state index contributed by atoms with van der Waals surface area (Å²) in [6.45, 7) is 1.97. The quantitative estimate of drug-likeness (QED) is 0.472. The average molecular weight is 143 g/mol. The van der Waals surface area contributed by atoms with E-state index in [4.69, 9.17) is 5.84 Å². The molecule has 0 aliphatic carbocycles. The highest BCUT2D eigenvalue weighted by Crippen LogP contribution is 2.12. The summed E-state index contributed by atoms with van der Waals surface area (Å²) < 4.78 is 0. The number of nitrogens with zero attached hydrogens (tertiary/aromatic N) is 1. The van der Waals surface area contributed by atoms with E-state index in [-0.39, 0.29) is 6.04 Å². The van der Waals surface area contributed by atoms with Crippen LogP contribution in [0, 0.1) is 0 Å². The second-order valence-corrected chi connectivity index (χ2v) is 2.68. The second-order valence-electron chi connectivity index (χ2n) is 1.76. The third-order valence-corrected chi connectivity index (χ3v) is 2.03. The van der Waals surface area contributed by atoms with Gasteiger partial charge in [0.05, 0.1) is 6.04 Å². The minimum absolute atomic E-state index is 0.171. The molecule has 0 radical (unpaired) electrons. The molecule has 50 valence electrons. The topological polar surface area (TPSA) is 50.9 Å². The largest absolute Gasteiger partial charge is 0.271 e. The summed E-state index contributed by atoms with van der Waals surface area (Å²) >= 11 is 1.60. The summed E-state index contributed by atoms with van der Waals surface area (Å²) in [6, 6.07) is 0.171. The summed E-state index contributed by atoms with van der Waals surface area (Å²) in [5.41, 5.74) is 2.62. The molecule has 4 heteroatoms. The fourth-order valence-electron chi connectivity index (χ4n) is 0.520. The van der Waals surface area contributed by atoms with Crippen molar-refractivity contribution in [1.29, 1.82) is 0 Å². The molecule has 1 unspecified atom stereocenters. The minimum atomic E-state index is 0.171. The number of nitrogens with two attached hydrogens (primary N) is 1. The normalized spacial score (nSPS) is 13.6. The third kappa shape index (κ3) is 1.48. The van der Waals surface area contributed by atoms with Crippen molar-refractivity contribution in [3.8, 4) is 0 Å². The van der Waals surface area contributed by atoms with E-state index < -0.39 is 0 Å². The maximum atomic E-state index is 5.18. The molecule has 1 aromatic heterocycles. The number of aromatic nitrogens is 1. The Hall–Kier alpha value is -0.450. The van der Waals surface area contributed by atoms with Crippen LogP contribution in [0.3, 0.4) is 0 Å². The van der Waals surface area contributed by atoms with Gasteiger partial charge in [0.1, 0.15) is 5.01 Å². The lowest BCUT2D eigenvalue weighted by Gasteiger charge is -2.03. The predicted molar refractivity (Wildman–Crippen MR) is 37.9 cm³/mol. The van der Waals surface area contributed by atoms with Gasteiger partial charge < -0.3 is 0 Å². The minimum Gasteiger partial charge on any atom is -0.271 e. The summed E-state index contributed by atoms with van der Waals surface area (Å²) in [6.07, 6.45) is 1.77. The van der Waals surface area contributed by atoms with Gasteiger partial charge >= 0.3 is 0 Å². The lowest BCUT2D eigenvalue weighted by atomic mass is 10.4. The molecule has 9 heavy (non-hydrogen) atoms. The van der Waals surface area contributed by atoms with Crippen LogP contribution in [0.25, 0.3) is 0 Å². The van der Waals surface area contributed by atoms with Gasteiger partial charge in [-0.2, -0.15) is 0 Å². The first-order chi connectivity index (χ1) is 4.34. The standard InChI is InChI=1S/C5H9N3S/c1-4(8-6)5-7-2-3-9-5/h2-4,8H,6H2,1H3. The molecule has 0 bridgehead atoms. The fourth-order valence-corrected chi connectivity index (χ4v) is 1.17. The van der Waals surface area contributed by atoms with Crippen molar-refractivity contribution in [2.45, 2.75) is 13.0 Å². The first kappa shape index (κ1) is 6.67. The van der Waals surface area contributed by atoms with E-state index in [1.807, 2.05) is 12.3 Å². The Balaban J connectivity index is 2.65. The zero-order chi connectivity index (χ0) is 6.69. The van der Waals surface area contributed by atoms with Crippen molar-refractivity contribution in [3.63, 3.8) is 0 Å². The van der Waals surface area contributed by atoms with Gasteiger partial charge in [-0.3, -0.25) is 11.3 Å². The van der Waals surface area contributed by atoms with Crippen LogP contribution in [-0.2, 0) is 0 Å².